The predicted octanol–water partition coefficient (Wildman–Crippen LogP) is 2.92. The summed E-state index contributed by atoms with van der Waals surface area (Å²) < 4.78 is 6.13. The molecule has 0 aromatic rings. The Balaban J connectivity index is 2.58. The highest BCUT2D eigenvalue weighted by molar-refractivity contribution is 4.90. The molecule has 132 valence electrons. The molecule has 1 fully saturated rings. The van der Waals surface area contributed by atoms with Crippen LogP contribution in [0.4, 0.5) is 0 Å². The van der Waals surface area contributed by atoms with Gasteiger partial charge in [0.15, 0.2) is 0 Å². The van der Waals surface area contributed by atoms with Gasteiger partial charge < -0.3 is 10.5 Å². The molecule has 0 spiro atoms. The highest BCUT2D eigenvalue weighted by Gasteiger charge is 2.38. The minimum Gasteiger partial charge on any atom is -0.359 e. The van der Waals surface area contributed by atoms with E-state index in [9.17, 15) is 0 Å². The van der Waals surface area contributed by atoms with Gasteiger partial charge in [0, 0.05) is 42.7 Å². The molecule has 1 atom stereocenters. The second-order valence-electron chi connectivity index (χ2n) is 9.60. The maximum Gasteiger partial charge on any atom is 0.118 e. The van der Waals surface area contributed by atoms with E-state index in [2.05, 4.69) is 65.2 Å². The van der Waals surface area contributed by atoms with Crippen LogP contribution in [0, 0.1) is 5.41 Å². The van der Waals surface area contributed by atoms with Crippen LogP contribution in [-0.4, -0.2) is 59.4 Å². The van der Waals surface area contributed by atoms with Crippen LogP contribution < -0.4 is 5.73 Å². The van der Waals surface area contributed by atoms with Gasteiger partial charge in [-0.25, -0.2) is 0 Å². The van der Waals surface area contributed by atoms with Gasteiger partial charge in [-0.2, -0.15) is 0 Å². The summed E-state index contributed by atoms with van der Waals surface area (Å²) in [6.07, 6.45) is 0. The third-order valence-electron chi connectivity index (χ3n) is 5.30. The Hall–Kier alpha value is -0.160. The van der Waals surface area contributed by atoms with E-state index in [4.69, 9.17) is 10.5 Å². The van der Waals surface area contributed by atoms with Gasteiger partial charge >= 0.3 is 0 Å². The summed E-state index contributed by atoms with van der Waals surface area (Å²) in [6.45, 7) is 24.8. The molecule has 0 saturated carbocycles. The van der Waals surface area contributed by atoms with Crippen LogP contribution in [0.1, 0.15) is 62.3 Å². The van der Waals surface area contributed by atoms with Gasteiger partial charge in [0.1, 0.15) is 5.72 Å². The Bertz CT molecular complexity index is 356. The van der Waals surface area contributed by atoms with Crippen molar-refractivity contribution in [3.63, 3.8) is 0 Å². The zero-order valence-electron chi connectivity index (χ0n) is 16.4. The van der Waals surface area contributed by atoms with Gasteiger partial charge in [0.25, 0.3) is 0 Å². The van der Waals surface area contributed by atoms with Gasteiger partial charge in [-0.1, -0.05) is 20.8 Å². The Morgan fingerprint density at radius 3 is 1.55 bits per heavy atom. The van der Waals surface area contributed by atoms with Crippen molar-refractivity contribution in [2.45, 2.75) is 79.1 Å². The number of rotatable bonds is 4. The average molecular weight is 314 g/mol. The third kappa shape index (κ3) is 4.92. The van der Waals surface area contributed by atoms with Gasteiger partial charge in [0.05, 0.1) is 6.61 Å². The molecule has 2 N–H and O–H groups in total. The van der Waals surface area contributed by atoms with Gasteiger partial charge in [-0.15, -0.1) is 0 Å². The number of nitrogens with two attached hydrogens (primary N) is 1. The standard InChI is InChI=1S/C18H39N3O/c1-15(2,3)18(9,19)22-14-17(7,8)21-12-10-20(11-13-21)16(4,5)6/h10-14,19H2,1-9H3. The fourth-order valence-corrected chi connectivity index (χ4v) is 2.62. The maximum absolute atomic E-state index is 6.36. The second-order valence-corrected chi connectivity index (χ2v) is 9.60. The molecule has 4 heteroatoms. The lowest BCUT2D eigenvalue weighted by atomic mass is 9.84. The van der Waals surface area contributed by atoms with E-state index in [1.165, 1.54) is 0 Å². The van der Waals surface area contributed by atoms with E-state index in [0.717, 1.165) is 26.2 Å². The first-order valence-electron chi connectivity index (χ1n) is 8.60. The Morgan fingerprint density at radius 1 is 0.773 bits per heavy atom. The summed E-state index contributed by atoms with van der Waals surface area (Å²) in [6, 6.07) is 0. The number of hydrogen-bond acceptors (Lipinski definition) is 4. The summed E-state index contributed by atoms with van der Waals surface area (Å²) >= 11 is 0. The molecule has 0 aromatic heterocycles. The smallest absolute Gasteiger partial charge is 0.118 e. The molecule has 4 nitrogen and oxygen atoms in total. The maximum atomic E-state index is 6.36. The number of piperazine rings is 1. The van der Waals surface area contributed by atoms with Crippen molar-refractivity contribution in [1.29, 1.82) is 0 Å². The lowest BCUT2D eigenvalue weighted by Crippen LogP contribution is -2.61. The third-order valence-corrected chi connectivity index (χ3v) is 5.30. The van der Waals surface area contributed by atoms with Crippen molar-refractivity contribution in [1.82, 2.24) is 9.80 Å². The zero-order chi connectivity index (χ0) is 17.4. The average Bonchev–Trinajstić information content (AvgIpc) is 2.34. The van der Waals surface area contributed by atoms with Crippen molar-refractivity contribution < 1.29 is 4.74 Å². The molecule has 0 aliphatic carbocycles. The van der Waals surface area contributed by atoms with Crippen molar-refractivity contribution in [3.8, 4) is 0 Å². The monoisotopic (exact) mass is 313 g/mol. The quantitative estimate of drug-likeness (QED) is 0.810. The van der Waals surface area contributed by atoms with E-state index in [-0.39, 0.29) is 16.5 Å². The van der Waals surface area contributed by atoms with Crippen molar-refractivity contribution in [2.75, 3.05) is 32.8 Å². The minimum absolute atomic E-state index is 0.00978. The molecule has 1 unspecified atom stereocenters. The summed E-state index contributed by atoms with van der Waals surface area (Å²) in [7, 11) is 0. The minimum atomic E-state index is -0.614. The van der Waals surface area contributed by atoms with Crippen LogP contribution in [0.2, 0.25) is 0 Å². The van der Waals surface area contributed by atoms with Crippen LogP contribution in [-0.2, 0) is 4.74 Å². The molecular formula is C18H39N3O. The summed E-state index contributed by atoms with van der Waals surface area (Å²) in [5, 5.41) is 0. The van der Waals surface area contributed by atoms with Crippen LogP contribution >= 0.6 is 0 Å². The van der Waals surface area contributed by atoms with Crippen molar-refractivity contribution >= 4 is 0 Å². The predicted molar refractivity (Wildman–Crippen MR) is 95.0 cm³/mol. The summed E-state index contributed by atoms with van der Waals surface area (Å²) in [4.78, 5) is 5.09. The first-order valence-corrected chi connectivity index (χ1v) is 8.60. The first kappa shape index (κ1) is 19.9. The normalized spacial score (nSPS) is 22.6. The van der Waals surface area contributed by atoms with Crippen molar-refractivity contribution in [3.05, 3.63) is 0 Å². The Labute approximate surface area is 138 Å². The highest BCUT2D eigenvalue weighted by atomic mass is 16.5. The summed E-state index contributed by atoms with van der Waals surface area (Å²) in [5.74, 6) is 0. The molecule has 0 radical (unpaired) electrons. The molecule has 1 aliphatic heterocycles. The molecular weight excluding hydrogens is 274 g/mol. The zero-order valence-corrected chi connectivity index (χ0v) is 16.4. The summed E-state index contributed by atoms with van der Waals surface area (Å²) in [5.41, 5.74) is 5.94. The van der Waals surface area contributed by atoms with E-state index in [0.29, 0.717) is 6.61 Å². The Morgan fingerprint density at radius 2 is 1.18 bits per heavy atom. The molecule has 22 heavy (non-hydrogen) atoms. The molecule has 1 rings (SSSR count). The lowest BCUT2D eigenvalue weighted by molar-refractivity contribution is -0.134. The van der Waals surface area contributed by atoms with Crippen molar-refractivity contribution in [2.24, 2.45) is 11.1 Å². The van der Waals surface area contributed by atoms with Crippen LogP contribution in [0.25, 0.3) is 0 Å². The number of hydrogen-bond donors (Lipinski definition) is 1. The number of ether oxygens (including phenoxy) is 1. The topological polar surface area (TPSA) is 41.7 Å². The first-order chi connectivity index (χ1) is 9.67. The molecule has 0 aromatic carbocycles. The molecule has 1 heterocycles. The van der Waals surface area contributed by atoms with E-state index in [1.807, 2.05) is 6.92 Å². The fourth-order valence-electron chi connectivity index (χ4n) is 2.62. The SMILES string of the molecule is CC(C)(C)N1CCN(C(C)(C)COC(C)(N)C(C)(C)C)CC1. The van der Waals surface area contributed by atoms with Gasteiger partial charge in [0.2, 0.25) is 0 Å². The molecule has 1 aliphatic rings. The van der Waals surface area contributed by atoms with Crippen LogP contribution in [0.3, 0.4) is 0 Å². The largest absolute Gasteiger partial charge is 0.359 e. The molecule has 0 amide bonds. The molecule has 1 saturated heterocycles. The fraction of sp³-hybridized carbons (Fsp3) is 1.00. The van der Waals surface area contributed by atoms with Gasteiger partial charge in [-0.3, -0.25) is 9.80 Å². The van der Waals surface area contributed by atoms with Crippen LogP contribution in [0.15, 0.2) is 0 Å². The Kier molecular flexibility index (Phi) is 5.77. The van der Waals surface area contributed by atoms with E-state index < -0.39 is 5.72 Å². The lowest BCUT2D eigenvalue weighted by Gasteiger charge is -2.49. The van der Waals surface area contributed by atoms with Crippen LogP contribution in [0.5, 0.6) is 0 Å². The highest BCUT2D eigenvalue weighted by Crippen LogP contribution is 2.30. The second kappa shape index (κ2) is 6.39. The van der Waals surface area contributed by atoms with Gasteiger partial charge in [-0.05, 0) is 41.5 Å². The molecule has 0 bridgehead atoms. The number of nitrogens with zero attached hydrogens (tertiary/aromatic N) is 2. The van der Waals surface area contributed by atoms with E-state index >= 15 is 0 Å². The van der Waals surface area contributed by atoms with E-state index in [1.54, 1.807) is 0 Å².